The van der Waals surface area contributed by atoms with Crippen LogP contribution in [0.1, 0.15) is 16.7 Å². The van der Waals surface area contributed by atoms with E-state index in [0.717, 1.165) is 22.4 Å². The van der Waals surface area contributed by atoms with E-state index in [1.807, 2.05) is 51.1 Å². The Morgan fingerprint density at radius 1 is 1.08 bits per heavy atom. The van der Waals surface area contributed by atoms with Gasteiger partial charge in [0.1, 0.15) is 5.75 Å². The minimum atomic E-state index is -0.341. The number of nitrogens with one attached hydrogen (secondary N) is 3. The van der Waals surface area contributed by atoms with Gasteiger partial charge in [0.2, 0.25) is 0 Å². The summed E-state index contributed by atoms with van der Waals surface area (Å²) in [6.07, 6.45) is 0. The average molecular weight is 378 g/mol. The molecule has 0 aromatic heterocycles. The van der Waals surface area contributed by atoms with Crippen LogP contribution in [0.2, 0.25) is 5.02 Å². The Morgan fingerprint density at radius 3 is 2.52 bits per heavy atom. The summed E-state index contributed by atoms with van der Waals surface area (Å²) >= 11 is 11.2. The highest BCUT2D eigenvalue weighted by Crippen LogP contribution is 2.20. The Kier molecular flexibility index (Phi) is 6.61. The standard InChI is InChI=1S/C18H20ClN3O2S/c1-11-4-5-13(3)16(8-11)24-10-17(23)21-22-18(25)20-14-7-6-12(2)15(19)9-14/h4-9H,10H2,1-3H3,(H,21,23)(H2,20,22,25). The highest BCUT2D eigenvalue weighted by Gasteiger charge is 2.06. The minimum Gasteiger partial charge on any atom is -0.483 e. The molecule has 3 N–H and O–H groups in total. The van der Waals surface area contributed by atoms with Gasteiger partial charge in [-0.1, -0.05) is 29.8 Å². The van der Waals surface area contributed by atoms with E-state index in [1.54, 1.807) is 6.07 Å². The van der Waals surface area contributed by atoms with Crippen molar-refractivity contribution in [2.75, 3.05) is 11.9 Å². The summed E-state index contributed by atoms with van der Waals surface area (Å²) in [6, 6.07) is 11.3. The quantitative estimate of drug-likeness (QED) is 0.560. The van der Waals surface area contributed by atoms with Crippen LogP contribution >= 0.6 is 23.8 Å². The number of thiocarbonyl (C=S) groups is 1. The van der Waals surface area contributed by atoms with Crippen LogP contribution < -0.4 is 20.9 Å². The molecule has 0 fully saturated rings. The molecular weight excluding hydrogens is 358 g/mol. The Morgan fingerprint density at radius 2 is 1.80 bits per heavy atom. The van der Waals surface area contributed by atoms with E-state index < -0.39 is 0 Å². The molecule has 0 atom stereocenters. The largest absolute Gasteiger partial charge is 0.483 e. The molecule has 7 heteroatoms. The van der Waals surface area contributed by atoms with Crippen LogP contribution in [0.5, 0.6) is 5.75 Å². The smallest absolute Gasteiger partial charge is 0.276 e. The van der Waals surface area contributed by atoms with E-state index in [2.05, 4.69) is 16.2 Å². The molecule has 0 saturated heterocycles. The van der Waals surface area contributed by atoms with Gasteiger partial charge in [0.05, 0.1) is 0 Å². The Hall–Kier alpha value is -2.31. The monoisotopic (exact) mass is 377 g/mol. The van der Waals surface area contributed by atoms with E-state index >= 15 is 0 Å². The molecular formula is C18H20ClN3O2S. The second-order valence-corrected chi connectivity index (χ2v) is 6.46. The van der Waals surface area contributed by atoms with Crippen molar-refractivity contribution in [3.63, 3.8) is 0 Å². The predicted molar refractivity (Wildman–Crippen MR) is 105 cm³/mol. The summed E-state index contributed by atoms with van der Waals surface area (Å²) in [5.74, 6) is 0.345. The SMILES string of the molecule is Cc1ccc(C)c(OCC(=O)NNC(=S)Nc2ccc(C)c(Cl)c2)c1. The maximum Gasteiger partial charge on any atom is 0.276 e. The summed E-state index contributed by atoms with van der Waals surface area (Å²) in [5.41, 5.74) is 8.86. The maximum atomic E-state index is 11.9. The van der Waals surface area contributed by atoms with Gasteiger partial charge in [-0.05, 0) is 67.9 Å². The molecule has 0 spiro atoms. The lowest BCUT2D eigenvalue weighted by atomic mass is 10.1. The molecule has 0 radical (unpaired) electrons. The van der Waals surface area contributed by atoms with Crippen molar-refractivity contribution in [1.82, 2.24) is 10.9 Å². The number of rotatable bonds is 4. The van der Waals surface area contributed by atoms with Gasteiger partial charge in [-0.2, -0.15) is 0 Å². The molecule has 0 unspecified atom stereocenters. The summed E-state index contributed by atoms with van der Waals surface area (Å²) in [7, 11) is 0. The van der Waals surface area contributed by atoms with Gasteiger partial charge in [-0.15, -0.1) is 0 Å². The van der Waals surface area contributed by atoms with Crippen molar-refractivity contribution >= 4 is 40.5 Å². The second-order valence-electron chi connectivity index (χ2n) is 5.65. The lowest BCUT2D eigenvalue weighted by Gasteiger charge is -2.13. The normalized spacial score (nSPS) is 10.1. The van der Waals surface area contributed by atoms with Gasteiger partial charge < -0.3 is 10.1 Å². The van der Waals surface area contributed by atoms with Crippen LogP contribution in [-0.4, -0.2) is 17.6 Å². The zero-order valence-corrected chi connectivity index (χ0v) is 15.8. The summed E-state index contributed by atoms with van der Waals surface area (Å²) in [6.45, 7) is 5.70. The van der Waals surface area contributed by atoms with Crippen LogP contribution in [0, 0.1) is 20.8 Å². The van der Waals surface area contributed by atoms with E-state index in [0.29, 0.717) is 10.8 Å². The molecule has 5 nitrogen and oxygen atoms in total. The lowest BCUT2D eigenvalue weighted by molar-refractivity contribution is -0.123. The lowest BCUT2D eigenvalue weighted by Crippen LogP contribution is -2.45. The van der Waals surface area contributed by atoms with Gasteiger partial charge in [-0.25, -0.2) is 0 Å². The zero-order valence-electron chi connectivity index (χ0n) is 14.3. The number of benzene rings is 2. The highest BCUT2D eigenvalue weighted by molar-refractivity contribution is 7.80. The number of hydrogen-bond donors (Lipinski definition) is 3. The highest BCUT2D eigenvalue weighted by atomic mass is 35.5. The topological polar surface area (TPSA) is 62.4 Å². The molecule has 0 bridgehead atoms. The second kappa shape index (κ2) is 8.69. The van der Waals surface area contributed by atoms with Gasteiger partial charge in [0.25, 0.3) is 5.91 Å². The van der Waals surface area contributed by atoms with E-state index in [1.165, 1.54) is 0 Å². The van der Waals surface area contributed by atoms with Crippen LogP contribution in [0.4, 0.5) is 5.69 Å². The zero-order chi connectivity index (χ0) is 18.4. The molecule has 1 amide bonds. The van der Waals surface area contributed by atoms with Crippen molar-refractivity contribution < 1.29 is 9.53 Å². The first kappa shape index (κ1) is 19.0. The first-order chi connectivity index (χ1) is 11.8. The molecule has 2 rings (SSSR count). The van der Waals surface area contributed by atoms with Crippen LogP contribution in [-0.2, 0) is 4.79 Å². The van der Waals surface area contributed by atoms with Gasteiger partial charge in [0, 0.05) is 10.7 Å². The number of hydrogen-bond acceptors (Lipinski definition) is 3. The Balaban J connectivity index is 1.78. The number of amides is 1. The van der Waals surface area contributed by atoms with E-state index in [-0.39, 0.29) is 17.6 Å². The third-order valence-electron chi connectivity index (χ3n) is 3.45. The van der Waals surface area contributed by atoms with E-state index in [9.17, 15) is 4.79 Å². The third kappa shape index (κ3) is 5.92. The number of carbonyl (C=O) groups excluding carboxylic acids is 1. The third-order valence-corrected chi connectivity index (χ3v) is 4.06. The van der Waals surface area contributed by atoms with Crippen molar-refractivity contribution in [2.45, 2.75) is 20.8 Å². The fraction of sp³-hybridized carbons (Fsp3) is 0.222. The Labute approximate surface area is 157 Å². The van der Waals surface area contributed by atoms with Gasteiger partial charge in [0.15, 0.2) is 11.7 Å². The summed E-state index contributed by atoms with van der Waals surface area (Å²) in [4.78, 5) is 11.9. The minimum absolute atomic E-state index is 0.115. The summed E-state index contributed by atoms with van der Waals surface area (Å²) < 4.78 is 5.53. The molecule has 2 aromatic carbocycles. The number of hydrazine groups is 1. The van der Waals surface area contributed by atoms with Crippen LogP contribution in [0.25, 0.3) is 0 Å². The van der Waals surface area contributed by atoms with Crippen molar-refractivity contribution in [2.24, 2.45) is 0 Å². The molecule has 0 heterocycles. The fourth-order valence-electron chi connectivity index (χ4n) is 2.00. The van der Waals surface area contributed by atoms with Crippen molar-refractivity contribution in [3.05, 3.63) is 58.1 Å². The fourth-order valence-corrected chi connectivity index (χ4v) is 2.35. The van der Waals surface area contributed by atoms with Crippen molar-refractivity contribution in [3.8, 4) is 5.75 Å². The number of anilines is 1. The van der Waals surface area contributed by atoms with Gasteiger partial charge in [-0.3, -0.25) is 15.6 Å². The van der Waals surface area contributed by atoms with Crippen LogP contribution in [0.15, 0.2) is 36.4 Å². The molecule has 0 saturated carbocycles. The average Bonchev–Trinajstić information content (AvgIpc) is 2.57. The molecule has 132 valence electrons. The molecule has 0 aliphatic rings. The predicted octanol–water partition coefficient (Wildman–Crippen LogP) is 3.66. The molecule has 0 aliphatic heterocycles. The van der Waals surface area contributed by atoms with Crippen molar-refractivity contribution in [1.29, 1.82) is 0 Å². The first-order valence-electron chi connectivity index (χ1n) is 7.67. The van der Waals surface area contributed by atoms with Crippen LogP contribution in [0.3, 0.4) is 0 Å². The number of ether oxygens (including phenoxy) is 1. The Bertz CT molecular complexity index is 796. The number of aryl methyl sites for hydroxylation is 3. The number of carbonyl (C=O) groups is 1. The molecule has 0 aliphatic carbocycles. The molecule has 25 heavy (non-hydrogen) atoms. The maximum absolute atomic E-state index is 11.9. The summed E-state index contributed by atoms with van der Waals surface area (Å²) in [5, 5.41) is 3.82. The van der Waals surface area contributed by atoms with E-state index in [4.69, 9.17) is 28.6 Å². The first-order valence-corrected chi connectivity index (χ1v) is 8.46. The number of halogens is 1. The molecule has 2 aromatic rings. The van der Waals surface area contributed by atoms with Gasteiger partial charge >= 0.3 is 0 Å².